The van der Waals surface area contributed by atoms with Crippen LogP contribution in [0.1, 0.15) is 21.6 Å². The predicted octanol–water partition coefficient (Wildman–Crippen LogP) is 3.08. The molecule has 3 N–H and O–H groups in total. The molecule has 5 heteroatoms. The van der Waals surface area contributed by atoms with Gasteiger partial charge in [0.25, 0.3) is 5.91 Å². The molecule has 1 heterocycles. The van der Waals surface area contributed by atoms with Gasteiger partial charge in [0.05, 0.1) is 12.1 Å². The number of carbonyl (C=O) groups excluding carboxylic acids is 1. The van der Waals surface area contributed by atoms with Crippen molar-refractivity contribution in [1.29, 1.82) is 0 Å². The van der Waals surface area contributed by atoms with E-state index in [4.69, 9.17) is 11.6 Å². The molecule has 3 aromatic rings. The molecule has 4 nitrogen and oxygen atoms in total. The Hall–Kier alpha value is -2.30. The van der Waals surface area contributed by atoms with Crippen molar-refractivity contribution in [2.45, 2.75) is 25.0 Å². The predicted molar refractivity (Wildman–Crippen MR) is 94.4 cm³/mol. The van der Waals surface area contributed by atoms with E-state index in [2.05, 4.69) is 10.3 Å². The summed E-state index contributed by atoms with van der Waals surface area (Å²) in [5.41, 5.74) is 3.66. The molecule has 0 fully saturated rings. The topological polar surface area (TPSA) is 65.1 Å². The van der Waals surface area contributed by atoms with Crippen LogP contribution >= 0.6 is 11.6 Å². The molecular weight excluding hydrogens is 324 g/mol. The lowest BCUT2D eigenvalue weighted by Gasteiger charge is -2.30. The summed E-state index contributed by atoms with van der Waals surface area (Å²) in [6, 6.07) is 15.0. The Kier molecular flexibility index (Phi) is 3.79. The van der Waals surface area contributed by atoms with Crippen LogP contribution in [0.25, 0.3) is 10.9 Å². The zero-order chi connectivity index (χ0) is 16.7. The van der Waals surface area contributed by atoms with E-state index < -0.39 is 6.10 Å². The summed E-state index contributed by atoms with van der Waals surface area (Å²) in [5, 5.41) is 14.8. The number of nitrogens with one attached hydrogen (secondary N) is 2. The van der Waals surface area contributed by atoms with Crippen LogP contribution in [0.15, 0.2) is 48.5 Å². The Balaban J connectivity index is 1.55. The first-order chi connectivity index (χ1) is 11.6. The number of halogens is 1. The molecule has 0 saturated carbocycles. The lowest BCUT2D eigenvalue weighted by atomic mass is 9.86. The molecule has 0 spiro atoms. The Morgan fingerprint density at radius 1 is 1.12 bits per heavy atom. The van der Waals surface area contributed by atoms with Crippen LogP contribution < -0.4 is 5.32 Å². The number of amides is 1. The van der Waals surface area contributed by atoms with Gasteiger partial charge in [0, 0.05) is 22.3 Å². The van der Waals surface area contributed by atoms with Gasteiger partial charge in [0.1, 0.15) is 5.69 Å². The second-order valence-electron chi connectivity index (χ2n) is 6.24. The van der Waals surface area contributed by atoms with E-state index in [1.165, 1.54) is 5.56 Å². The molecule has 0 radical (unpaired) electrons. The number of aromatic nitrogens is 1. The summed E-state index contributed by atoms with van der Waals surface area (Å²) in [6.07, 6.45) is 0.612. The molecule has 24 heavy (non-hydrogen) atoms. The van der Waals surface area contributed by atoms with Gasteiger partial charge in [-0.05, 0) is 41.8 Å². The molecule has 122 valence electrons. The minimum atomic E-state index is -0.581. The van der Waals surface area contributed by atoms with Gasteiger partial charge in [0.15, 0.2) is 0 Å². The summed E-state index contributed by atoms with van der Waals surface area (Å²) in [4.78, 5) is 15.6. The molecule has 1 amide bonds. The first-order valence-electron chi connectivity index (χ1n) is 7.94. The molecule has 0 bridgehead atoms. The van der Waals surface area contributed by atoms with E-state index in [-0.39, 0.29) is 11.9 Å². The molecule has 2 aromatic carbocycles. The fraction of sp³-hybridized carbons (Fsp3) is 0.211. The second-order valence-corrected chi connectivity index (χ2v) is 6.68. The number of carbonyl (C=O) groups is 1. The Morgan fingerprint density at radius 3 is 2.67 bits per heavy atom. The summed E-state index contributed by atoms with van der Waals surface area (Å²) in [6.45, 7) is 0. The Labute approximate surface area is 144 Å². The number of hydrogen-bond acceptors (Lipinski definition) is 2. The average molecular weight is 341 g/mol. The van der Waals surface area contributed by atoms with E-state index in [1.54, 1.807) is 12.1 Å². The van der Waals surface area contributed by atoms with Crippen molar-refractivity contribution in [3.8, 4) is 0 Å². The molecule has 0 unspecified atom stereocenters. The quantitative estimate of drug-likeness (QED) is 0.671. The third-order valence-electron chi connectivity index (χ3n) is 4.60. The van der Waals surface area contributed by atoms with Crippen molar-refractivity contribution in [1.82, 2.24) is 10.3 Å². The number of aromatic amines is 1. The van der Waals surface area contributed by atoms with Crippen LogP contribution in [0.4, 0.5) is 0 Å². The molecule has 1 aliphatic carbocycles. The number of H-pyrrole nitrogens is 1. The second kappa shape index (κ2) is 5.96. The van der Waals surface area contributed by atoms with Crippen LogP contribution in [0, 0.1) is 0 Å². The summed E-state index contributed by atoms with van der Waals surface area (Å²) < 4.78 is 0. The highest BCUT2D eigenvalue weighted by Crippen LogP contribution is 2.23. The zero-order valence-electron chi connectivity index (χ0n) is 12.9. The largest absolute Gasteiger partial charge is 0.391 e. The van der Waals surface area contributed by atoms with E-state index in [1.807, 2.05) is 36.4 Å². The smallest absolute Gasteiger partial charge is 0.268 e. The third-order valence-corrected chi connectivity index (χ3v) is 4.83. The number of rotatable bonds is 2. The maximum atomic E-state index is 12.5. The lowest BCUT2D eigenvalue weighted by molar-refractivity contribution is 0.0811. The molecule has 0 aliphatic heterocycles. The normalized spacial score (nSPS) is 19.9. The highest BCUT2D eigenvalue weighted by atomic mass is 35.5. The van der Waals surface area contributed by atoms with Gasteiger partial charge in [0.2, 0.25) is 0 Å². The van der Waals surface area contributed by atoms with Crippen molar-refractivity contribution in [2.24, 2.45) is 0 Å². The number of aliphatic hydroxyl groups is 1. The lowest BCUT2D eigenvalue weighted by Crippen LogP contribution is -2.48. The first-order valence-corrected chi connectivity index (χ1v) is 8.32. The summed E-state index contributed by atoms with van der Waals surface area (Å²) in [7, 11) is 0. The fourth-order valence-corrected chi connectivity index (χ4v) is 3.50. The number of fused-ring (bicyclic) bond motifs is 2. The van der Waals surface area contributed by atoms with Crippen molar-refractivity contribution in [3.05, 3.63) is 70.4 Å². The highest BCUT2D eigenvalue weighted by molar-refractivity contribution is 6.31. The fourth-order valence-electron chi connectivity index (χ4n) is 3.32. The molecule has 0 saturated heterocycles. The van der Waals surface area contributed by atoms with Crippen LogP contribution in [-0.2, 0) is 12.8 Å². The van der Waals surface area contributed by atoms with E-state index >= 15 is 0 Å². The minimum absolute atomic E-state index is 0.217. The maximum absolute atomic E-state index is 12.5. The van der Waals surface area contributed by atoms with Gasteiger partial charge in [-0.15, -0.1) is 0 Å². The molecule has 2 atom stereocenters. The van der Waals surface area contributed by atoms with Crippen molar-refractivity contribution >= 4 is 28.4 Å². The van der Waals surface area contributed by atoms with Gasteiger partial charge in [-0.2, -0.15) is 0 Å². The first kappa shape index (κ1) is 15.2. The van der Waals surface area contributed by atoms with Crippen molar-refractivity contribution < 1.29 is 9.90 Å². The van der Waals surface area contributed by atoms with Gasteiger partial charge in [-0.1, -0.05) is 35.9 Å². The Morgan fingerprint density at radius 2 is 1.88 bits per heavy atom. The third kappa shape index (κ3) is 2.79. The maximum Gasteiger partial charge on any atom is 0.268 e. The molecule has 4 rings (SSSR count). The van der Waals surface area contributed by atoms with E-state index in [0.717, 1.165) is 16.5 Å². The van der Waals surface area contributed by atoms with Crippen LogP contribution in [0.5, 0.6) is 0 Å². The number of aliphatic hydroxyl groups excluding tert-OH is 1. The Bertz CT molecular complexity index is 919. The van der Waals surface area contributed by atoms with Gasteiger partial charge in [-0.3, -0.25) is 4.79 Å². The molecular formula is C19H17ClN2O2. The van der Waals surface area contributed by atoms with Crippen molar-refractivity contribution in [3.63, 3.8) is 0 Å². The van der Waals surface area contributed by atoms with Crippen LogP contribution in [-0.4, -0.2) is 28.1 Å². The minimum Gasteiger partial charge on any atom is -0.391 e. The van der Waals surface area contributed by atoms with E-state index in [0.29, 0.717) is 23.6 Å². The van der Waals surface area contributed by atoms with Gasteiger partial charge < -0.3 is 15.4 Å². The SMILES string of the molecule is O=C(N[C@@H]1Cc2ccccc2C[C@H]1O)c1cc2cc(Cl)ccc2[nH]1. The van der Waals surface area contributed by atoms with Crippen molar-refractivity contribution in [2.75, 3.05) is 0 Å². The van der Waals surface area contributed by atoms with Crippen LogP contribution in [0.2, 0.25) is 5.02 Å². The van der Waals surface area contributed by atoms with E-state index in [9.17, 15) is 9.90 Å². The average Bonchev–Trinajstić information content (AvgIpc) is 2.98. The monoisotopic (exact) mass is 340 g/mol. The summed E-state index contributed by atoms with van der Waals surface area (Å²) in [5.74, 6) is -0.217. The summed E-state index contributed by atoms with van der Waals surface area (Å²) >= 11 is 5.98. The zero-order valence-corrected chi connectivity index (χ0v) is 13.7. The van der Waals surface area contributed by atoms with Gasteiger partial charge in [-0.25, -0.2) is 0 Å². The van der Waals surface area contributed by atoms with Crippen LogP contribution in [0.3, 0.4) is 0 Å². The van der Waals surface area contributed by atoms with Gasteiger partial charge >= 0.3 is 0 Å². The standard InChI is InChI=1S/C19H17ClN2O2/c20-14-5-6-15-13(7-14)9-17(21-15)19(24)22-16-8-11-3-1-2-4-12(11)10-18(16)23/h1-7,9,16,18,21,23H,8,10H2,(H,22,24)/t16-,18-/m1/s1. The number of hydrogen-bond donors (Lipinski definition) is 3. The molecule has 1 aliphatic rings. The number of benzene rings is 2. The highest BCUT2D eigenvalue weighted by Gasteiger charge is 2.28. The molecule has 1 aromatic heterocycles.